The summed E-state index contributed by atoms with van der Waals surface area (Å²) < 4.78 is 7.39. The predicted octanol–water partition coefficient (Wildman–Crippen LogP) is 3.58. The molecule has 0 aliphatic carbocycles. The Bertz CT molecular complexity index is 907. The van der Waals surface area contributed by atoms with Crippen LogP contribution < -0.4 is 15.0 Å². The lowest BCUT2D eigenvalue weighted by molar-refractivity contribution is -0.120. The molecule has 8 heteroatoms. The zero-order valence-corrected chi connectivity index (χ0v) is 16.6. The molecular formula is C20H23N5O2S. The largest absolute Gasteiger partial charge is 0.494 e. The lowest BCUT2D eigenvalue weighted by Gasteiger charge is -2.31. The van der Waals surface area contributed by atoms with Crippen LogP contribution in [0.5, 0.6) is 5.75 Å². The van der Waals surface area contributed by atoms with Gasteiger partial charge >= 0.3 is 0 Å². The molecule has 146 valence electrons. The number of carbonyl (C=O) groups is 1. The van der Waals surface area contributed by atoms with Crippen molar-refractivity contribution < 1.29 is 9.53 Å². The number of hydrogen-bond donors (Lipinski definition) is 1. The third-order valence-electron chi connectivity index (χ3n) is 4.72. The molecule has 4 rings (SSSR count). The van der Waals surface area contributed by atoms with Crippen LogP contribution in [0.3, 0.4) is 0 Å². The van der Waals surface area contributed by atoms with Crippen LogP contribution in [0.4, 0.5) is 10.8 Å². The highest BCUT2D eigenvalue weighted by atomic mass is 32.1. The number of carbonyl (C=O) groups excluding carboxylic acids is 1. The lowest BCUT2D eigenvalue weighted by atomic mass is 9.97. The Kier molecular flexibility index (Phi) is 5.57. The fraction of sp³-hybridized carbons (Fsp3) is 0.350. The third-order valence-corrected chi connectivity index (χ3v) is 5.72. The quantitative estimate of drug-likeness (QED) is 0.688. The van der Waals surface area contributed by atoms with Gasteiger partial charge in [0.25, 0.3) is 0 Å². The minimum atomic E-state index is -0.0701. The molecule has 1 atom stereocenters. The first kappa shape index (κ1) is 18.5. The first-order valence-corrected chi connectivity index (χ1v) is 10.3. The molecule has 0 radical (unpaired) electrons. The third kappa shape index (κ3) is 4.17. The summed E-state index contributed by atoms with van der Waals surface area (Å²) in [4.78, 5) is 14.9. The summed E-state index contributed by atoms with van der Waals surface area (Å²) in [7, 11) is 0. The maximum atomic E-state index is 12.7. The van der Waals surface area contributed by atoms with E-state index in [9.17, 15) is 4.79 Å². The average molecular weight is 398 g/mol. The van der Waals surface area contributed by atoms with Gasteiger partial charge in [0, 0.05) is 31.2 Å². The molecular weight excluding hydrogens is 374 g/mol. The number of amides is 1. The topological polar surface area (TPSA) is 72.3 Å². The van der Waals surface area contributed by atoms with Gasteiger partial charge < -0.3 is 15.0 Å². The van der Waals surface area contributed by atoms with Gasteiger partial charge in [0.1, 0.15) is 5.75 Å². The normalized spacial score (nSPS) is 16.8. The molecule has 1 saturated heterocycles. The smallest absolute Gasteiger partial charge is 0.229 e. The highest BCUT2D eigenvalue weighted by molar-refractivity contribution is 7.17. The molecule has 3 heterocycles. The van der Waals surface area contributed by atoms with E-state index < -0.39 is 0 Å². The monoisotopic (exact) mass is 397 g/mol. The van der Waals surface area contributed by atoms with E-state index in [-0.39, 0.29) is 11.8 Å². The summed E-state index contributed by atoms with van der Waals surface area (Å²) in [6.07, 6.45) is 5.74. The van der Waals surface area contributed by atoms with Gasteiger partial charge in [0.2, 0.25) is 16.2 Å². The van der Waals surface area contributed by atoms with E-state index in [0.29, 0.717) is 13.2 Å². The van der Waals surface area contributed by atoms with Gasteiger partial charge in [-0.25, -0.2) is 0 Å². The Labute approximate surface area is 168 Å². The summed E-state index contributed by atoms with van der Waals surface area (Å²) in [6.45, 7) is 4.13. The zero-order valence-electron chi connectivity index (χ0n) is 15.7. The number of nitrogens with one attached hydrogen (secondary N) is 1. The first-order valence-electron chi connectivity index (χ1n) is 9.48. The summed E-state index contributed by atoms with van der Waals surface area (Å²) in [5.41, 5.74) is 0.788. The van der Waals surface area contributed by atoms with Crippen molar-refractivity contribution in [3.63, 3.8) is 0 Å². The van der Waals surface area contributed by atoms with Crippen LogP contribution in [0.15, 0.2) is 48.8 Å². The van der Waals surface area contributed by atoms with Gasteiger partial charge in [-0.2, -0.15) is 0 Å². The molecule has 1 aromatic carbocycles. The fourth-order valence-corrected chi connectivity index (χ4v) is 4.16. The van der Waals surface area contributed by atoms with Gasteiger partial charge in [0.05, 0.1) is 12.5 Å². The van der Waals surface area contributed by atoms with E-state index in [0.717, 1.165) is 41.1 Å². The molecule has 0 unspecified atom stereocenters. The van der Waals surface area contributed by atoms with E-state index in [2.05, 4.69) is 20.4 Å². The summed E-state index contributed by atoms with van der Waals surface area (Å²) in [6, 6.07) is 11.4. The van der Waals surface area contributed by atoms with E-state index in [4.69, 9.17) is 4.74 Å². The fourth-order valence-electron chi connectivity index (χ4n) is 3.31. The minimum Gasteiger partial charge on any atom is -0.494 e. The van der Waals surface area contributed by atoms with Gasteiger partial charge in [-0.15, -0.1) is 10.2 Å². The Morgan fingerprint density at radius 3 is 2.71 bits per heavy atom. The van der Waals surface area contributed by atoms with Gasteiger partial charge in [-0.1, -0.05) is 11.3 Å². The van der Waals surface area contributed by atoms with Crippen LogP contribution >= 0.6 is 11.3 Å². The van der Waals surface area contributed by atoms with Crippen LogP contribution in [0.25, 0.3) is 5.13 Å². The van der Waals surface area contributed by atoms with Crippen molar-refractivity contribution in [3.05, 3.63) is 48.8 Å². The number of anilines is 2. The van der Waals surface area contributed by atoms with Crippen molar-refractivity contribution in [3.8, 4) is 10.9 Å². The highest BCUT2D eigenvalue weighted by Crippen LogP contribution is 2.28. The maximum absolute atomic E-state index is 12.7. The van der Waals surface area contributed by atoms with Crippen LogP contribution in [0, 0.1) is 5.92 Å². The number of benzene rings is 1. The standard InChI is InChI=1S/C20H23N5O2S/c1-2-27-17-9-7-16(8-10-17)21-18(26)15-6-5-13-25(14-15)20-23-22-19(28-20)24-11-3-4-12-24/h3-4,7-12,15H,2,5-6,13-14H2,1H3,(H,21,26)/t15-/m0/s1. The molecule has 3 aromatic rings. The Morgan fingerprint density at radius 2 is 1.96 bits per heavy atom. The van der Waals surface area contributed by atoms with Crippen LogP contribution in [-0.2, 0) is 4.79 Å². The second kappa shape index (κ2) is 8.43. The number of hydrogen-bond acceptors (Lipinski definition) is 6. The molecule has 1 N–H and O–H groups in total. The summed E-state index contributed by atoms with van der Waals surface area (Å²) in [5, 5.41) is 13.3. The van der Waals surface area contributed by atoms with E-state index in [1.165, 1.54) is 0 Å². The number of piperidine rings is 1. The molecule has 1 amide bonds. The number of aromatic nitrogens is 3. The van der Waals surface area contributed by atoms with Crippen molar-refractivity contribution in [1.82, 2.24) is 14.8 Å². The average Bonchev–Trinajstić information content (AvgIpc) is 3.42. The molecule has 28 heavy (non-hydrogen) atoms. The SMILES string of the molecule is CCOc1ccc(NC(=O)[C@H]2CCCN(c3nnc(-n4cccc4)s3)C2)cc1. The van der Waals surface area contributed by atoms with Gasteiger partial charge in [-0.05, 0) is 56.2 Å². The van der Waals surface area contributed by atoms with Crippen molar-refractivity contribution in [1.29, 1.82) is 0 Å². The minimum absolute atomic E-state index is 0.0454. The molecule has 1 aliphatic heterocycles. The molecule has 0 spiro atoms. The summed E-state index contributed by atoms with van der Waals surface area (Å²) >= 11 is 1.54. The van der Waals surface area contributed by atoms with E-state index in [1.54, 1.807) is 11.3 Å². The maximum Gasteiger partial charge on any atom is 0.229 e. The second-order valence-corrected chi connectivity index (χ2v) is 7.62. The Balaban J connectivity index is 1.38. The number of rotatable bonds is 6. The van der Waals surface area contributed by atoms with Gasteiger partial charge in [-0.3, -0.25) is 9.36 Å². The predicted molar refractivity (Wildman–Crippen MR) is 110 cm³/mol. The van der Waals surface area contributed by atoms with Crippen LogP contribution in [0.1, 0.15) is 19.8 Å². The van der Waals surface area contributed by atoms with Crippen molar-refractivity contribution in [2.75, 3.05) is 29.9 Å². The summed E-state index contributed by atoms with van der Waals surface area (Å²) in [5.74, 6) is 0.780. The lowest BCUT2D eigenvalue weighted by Crippen LogP contribution is -2.40. The number of ether oxygens (including phenoxy) is 1. The first-order chi connectivity index (χ1) is 13.7. The van der Waals surface area contributed by atoms with Crippen molar-refractivity contribution >= 4 is 28.1 Å². The Morgan fingerprint density at radius 1 is 1.21 bits per heavy atom. The van der Waals surface area contributed by atoms with E-state index in [1.807, 2.05) is 60.3 Å². The molecule has 2 aromatic heterocycles. The highest BCUT2D eigenvalue weighted by Gasteiger charge is 2.28. The van der Waals surface area contributed by atoms with Crippen LogP contribution in [-0.4, -0.2) is 40.4 Å². The van der Waals surface area contributed by atoms with Gasteiger partial charge in [0.15, 0.2) is 0 Å². The van der Waals surface area contributed by atoms with Crippen LogP contribution in [0.2, 0.25) is 0 Å². The zero-order chi connectivity index (χ0) is 19.3. The molecule has 1 fully saturated rings. The molecule has 0 saturated carbocycles. The molecule has 1 aliphatic rings. The number of nitrogens with zero attached hydrogens (tertiary/aromatic N) is 4. The van der Waals surface area contributed by atoms with Crippen molar-refractivity contribution in [2.24, 2.45) is 5.92 Å². The second-order valence-electron chi connectivity index (χ2n) is 6.69. The molecule has 7 nitrogen and oxygen atoms in total. The van der Waals surface area contributed by atoms with Crippen molar-refractivity contribution in [2.45, 2.75) is 19.8 Å². The van der Waals surface area contributed by atoms with E-state index >= 15 is 0 Å². The Hall–Kier alpha value is -2.87. The molecule has 0 bridgehead atoms.